The molecule has 0 aliphatic carbocycles. The summed E-state index contributed by atoms with van der Waals surface area (Å²) in [7, 11) is 0. The standard InChI is InChI=1S/C12H14ClNO4/c13-10-5-9(12(15)16)6-11(14-10)18-7-8-1-3-17-4-2-8/h5-6,8H,1-4,7H2,(H,15,16). The molecule has 6 heteroatoms. The summed E-state index contributed by atoms with van der Waals surface area (Å²) in [5.41, 5.74) is 0.0805. The summed E-state index contributed by atoms with van der Waals surface area (Å²) in [6, 6.07) is 2.68. The summed E-state index contributed by atoms with van der Waals surface area (Å²) in [5.74, 6) is -0.366. The van der Waals surface area contributed by atoms with Crippen LogP contribution in [0, 0.1) is 5.92 Å². The lowest BCUT2D eigenvalue weighted by atomic mass is 10.0. The zero-order chi connectivity index (χ0) is 13.0. The predicted molar refractivity (Wildman–Crippen MR) is 65.2 cm³/mol. The molecule has 98 valence electrons. The van der Waals surface area contributed by atoms with Gasteiger partial charge < -0.3 is 14.6 Å². The van der Waals surface area contributed by atoms with Gasteiger partial charge in [0.2, 0.25) is 5.88 Å². The molecule has 0 unspecified atom stereocenters. The van der Waals surface area contributed by atoms with E-state index in [1.54, 1.807) is 0 Å². The number of carbonyl (C=O) groups is 1. The van der Waals surface area contributed by atoms with Crippen molar-refractivity contribution in [2.75, 3.05) is 19.8 Å². The number of aromatic nitrogens is 1. The minimum atomic E-state index is -1.05. The zero-order valence-corrected chi connectivity index (χ0v) is 10.5. The van der Waals surface area contributed by atoms with Gasteiger partial charge in [-0.25, -0.2) is 9.78 Å². The highest BCUT2D eigenvalue weighted by atomic mass is 35.5. The predicted octanol–water partition coefficient (Wildman–Crippen LogP) is 2.24. The van der Waals surface area contributed by atoms with Gasteiger partial charge in [-0.1, -0.05) is 11.6 Å². The second-order valence-corrected chi connectivity index (χ2v) is 4.58. The number of halogens is 1. The molecule has 1 saturated heterocycles. The molecule has 1 aromatic rings. The Kier molecular flexibility index (Phi) is 4.38. The number of hydrogen-bond donors (Lipinski definition) is 1. The molecule has 1 aliphatic rings. The number of aromatic carboxylic acids is 1. The van der Waals surface area contributed by atoms with Gasteiger partial charge in [-0.15, -0.1) is 0 Å². The molecule has 1 aromatic heterocycles. The number of ether oxygens (including phenoxy) is 2. The smallest absolute Gasteiger partial charge is 0.335 e. The quantitative estimate of drug-likeness (QED) is 0.851. The van der Waals surface area contributed by atoms with E-state index in [0.717, 1.165) is 26.1 Å². The van der Waals surface area contributed by atoms with E-state index in [1.165, 1.54) is 12.1 Å². The second kappa shape index (κ2) is 6.02. The minimum absolute atomic E-state index is 0.0805. The largest absolute Gasteiger partial charge is 0.478 e. The summed E-state index contributed by atoms with van der Waals surface area (Å²) >= 11 is 5.74. The average molecular weight is 272 g/mol. The number of hydrogen-bond acceptors (Lipinski definition) is 4. The van der Waals surface area contributed by atoms with E-state index < -0.39 is 5.97 Å². The Morgan fingerprint density at radius 3 is 2.89 bits per heavy atom. The Bertz CT molecular complexity index is 432. The van der Waals surface area contributed by atoms with Crippen LogP contribution < -0.4 is 4.74 Å². The van der Waals surface area contributed by atoms with E-state index in [0.29, 0.717) is 12.5 Å². The lowest BCUT2D eigenvalue weighted by Gasteiger charge is -2.21. The third-order valence-electron chi connectivity index (χ3n) is 2.83. The monoisotopic (exact) mass is 271 g/mol. The van der Waals surface area contributed by atoms with Crippen LogP contribution in [0.1, 0.15) is 23.2 Å². The third kappa shape index (κ3) is 3.58. The Morgan fingerprint density at radius 1 is 1.50 bits per heavy atom. The Hall–Kier alpha value is -1.33. The van der Waals surface area contributed by atoms with Gasteiger partial charge in [-0.2, -0.15) is 0 Å². The average Bonchev–Trinajstić information content (AvgIpc) is 2.37. The van der Waals surface area contributed by atoms with Gasteiger partial charge in [0.05, 0.1) is 12.2 Å². The van der Waals surface area contributed by atoms with Crippen molar-refractivity contribution in [3.63, 3.8) is 0 Å². The van der Waals surface area contributed by atoms with Crippen LogP contribution in [-0.4, -0.2) is 35.9 Å². The molecule has 1 N–H and O–H groups in total. The molecule has 0 atom stereocenters. The van der Waals surface area contributed by atoms with E-state index in [4.69, 9.17) is 26.2 Å². The summed E-state index contributed by atoms with van der Waals surface area (Å²) < 4.78 is 10.8. The van der Waals surface area contributed by atoms with Crippen LogP contribution in [0.4, 0.5) is 0 Å². The topological polar surface area (TPSA) is 68.7 Å². The second-order valence-electron chi connectivity index (χ2n) is 4.19. The zero-order valence-electron chi connectivity index (χ0n) is 9.76. The van der Waals surface area contributed by atoms with Crippen LogP contribution >= 0.6 is 11.6 Å². The number of pyridine rings is 1. The maximum absolute atomic E-state index is 10.9. The molecule has 18 heavy (non-hydrogen) atoms. The third-order valence-corrected chi connectivity index (χ3v) is 3.02. The van der Waals surface area contributed by atoms with Crippen LogP contribution in [0.25, 0.3) is 0 Å². The van der Waals surface area contributed by atoms with Crippen molar-refractivity contribution in [1.29, 1.82) is 0 Å². The van der Waals surface area contributed by atoms with Crippen molar-refractivity contribution >= 4 is 17.6 Å². The molecule has 1 aliphatic heterocycles. The molecule has 0 amide bonds. The van der Waals surface area contributed by atoms with Gasteiger partial charge in [0.1, 0.15) is 5.15 Å². The first-order valence-electron chi connectivity index (χ1n) is 5.76. The first-order valence-corrected chi connectivity index (χ1v) is 6.14. The summed E-state index contributed by atoms with van der Waals surface area (Å²) in [5, 5.41) is 9.01. The number of nitrogens with zero attached hydrogens (tertiary/aromatic N) is 1. The summed E-state index contributed by atoms with van der Waals surface area (Å²) in [6.45, 7) is 2.00. The Balaban J connectivity index is 1.97. The van der Waals surface area contributed by atoms with Crippen molar-refractivity contribution in [2.45, 2.75) is 12.8 Å². The van der Waals surface area contributed by atoms with Gasteiger partial charge in [0.25, 0.3) is 0 Å². The maximum atomic E-state index is 10.9. The molecule has 1 fully saturated rings. The van der Waals surface area contributed by atoms with Gasteiger partial charge >= 0.3 is 5.97 Å². The van der Waals surface area contributed by atoms with Crippen molar-refractivity contribution in [3.05, 3.63) is 22.8 Å². The fourth-order valence-electron chi connectivity index (χ4n) is 1.79. The number of carboxylic acids is 1. The van der Waals surface area contributed by atoms with Crippen LogP contribution in [0.15, 0.2) is 12.1 Å². The molecule has 0 aromatic carbocycles. The molecule has 2 rings (SSSR count). The van der Waals surface area contributed by atoms with Gasteiger partial charge in [-0.05, 0) is 24.8 Å². The van der Waals surface area contributed by atoms with Gasteiger partial charge in [-0.3, -0.25) is 0 Å². The van der Waals surface area contributed by atoms with Crippen LogP contribution in [0.2, 0.25) is 5.15 Å². The lowest BCUT2D eigenvalue weighted by molar-refractivity contribution is 0.0490. The highest BCUT2D eigenvalue weighted by Gasteiger charge is 2.15. The highest BCUT2D eigenvalue weighted by Crippen LogP contribution is 2.19. The van der Waals surface area contributed by atoms with E-state index in [9.17, 15) is 4.79 Å². The number of rotatable bonds is 4. The fraction of sp³-hybridized carbons (Fsp3) is 0.500. The molecule has 0 saturated carbocycles. The summed E-state index contributed by atoms with van der Waals surface area (Å²) in [4.78, 5) is 14.8. The van der Waals surface area contributed by atoms with E-state index in [2.05, 4.69) is 4.98 Å². The molecular formula is C12H14ClNO4. The summed E-state index contributed by atoms with van der Waals surface area (Å²) in [6.07, 6.45) is 1.90. The van der Waals surface area contributed by atoms with E-state index in [-0.39, 0.29) is 16.6 Å². The van der Waals surface area contributed by atoms with Crippen LogP contribution in [0.5, 0.6) is 5.88 Å². The lowest BCUT2D eigenvalue weighted by Crippen LogP contribution is -2.21. The molecule has 0 radical (unpaired) electrons. The fourth-order valence-corrected chi connectivity index (χ4v) is 1.99. The Morgan fingerprint density at radius 2 is 2.22 bits per heavy atom. The van der Waals surface area contributed by atoms with E-state index in [1.807, 2.05) is 0 Å². The normalized spacial score (nSPS) is 16.5. The van der Waals surface area contributed by atoms with Crippen molar-refractivity contribution in [1.82, 2.24) is 4.98 Å². The minimum Gasteiger partial charge on any atom is -0.478 e. The van der Waals surface area contributed by atoms with Crippen LogP contribution in [0.3, 0.4) is 0 Å². The van der Waals surface area contributed by atoms with Crippen LogP contribution in [-0.2, 0) is 4.74 Å². The van der Waals surface area contributed by atoms with Gasteiger partial charge in [0, 0.05) is 19.3 Å². The highest BCUT2D eigenvalue weighted by molar-refractivity contribution is 6.29. The molecule has 0 spiro atoms. The molecular weight excluding hydrogens is 258 g/mol. The van der Waals surface area contributed by atoms with Crippen molar-refractivity contribution in [3.8, 4) is 5.88 Å². The molecule has 5 nitrogen and oxygen atoms in total. The van der Waals surface area contributed by atoms with Crippen molar-refractivity contribution < 1.29 is 19.4 Å². The maximum Gasteiger partial charge on any atom is 0.335 e. The molecule has 2 heterocycles. The SMILES string of the molecule is O=C(O)c1cc(Cl)nc(OCC2CCOCC2)c1. The Labute approximate surface area is 110 Å². The van der Waals surface area contributed by atoms with Crippen molar-refractivity contribution in [2.24, 2.45) is 5.92 Å². The molecule has 0 bridgehead atoms. The first kappa shape index (κ1) is 13.1. The first-order chi connectivity index (χ1) is 8.65. The van der Waals surface area contributed by atoms with E-state index >= 15 is 0 Å². The van der Waals surface area contributed by atoms with Gasteiger partial charge in [0.15, 0.2) is 0 Å². The number of carboxylic acid groups (broad SMARTS) is 1.